The Morgan fingerprint density at radius 1 is 1.33 bits per heavy atom. The zero-order valence-electron chi connectivity index (χ0n) is 12.4. The van der Waals surface area contributed by atoms with E-state index in [9.17, 15) is 0 Å². The highest BCUT2D eigenvalue weighted by molar-refractivity contribution is 7.10. The normalized spacial score (nSPS) is 28.8. The lowest BCUT2D eigenvalue weighted by Gasteiger charge is -2.28. The molecule has 3 unspecified atom stereocenters. The zero-order valence-corrected chi connectivity index (χ0v) is 13.2. The van der Waals surface area contributed by atoms with Crippen LogP contribution in [0.4, 0.5) is 0 Å². The summed E-state index contributed by atoms with van der Waals surface area (Å²) in [5.41, 5.74) is 0.508. The molecule has 0 aromatic carbocycles. The Morgan fingerprint density at radius 2 is 2.06 bits per heavy atom. The van der Waals surface area contributed by atoms with Crippen molar-refractivity contribution in [3.63, 3.8) is 0 Å². The van der Waals surface area contributed by atoms with Crippen LogP contribution in [0.15, 0.2) is 17.5 Å². The smallest absolute Gasteiger partial charge is 0.0440 e. The van der Waals surface area contributed by atoms with Gasteiger partial charge in [0, 0.05) is 17.0 Å². The molecule has 1 fully saturated rings. The van der Waals surface area contributed by atoms with E-state index in [1.807, 2.05) is 11.3 Å². The van der Waals surface area contributed by atoms with E-state index in [2.05, 4.69) is 57.4 Å². The number of hydrogen-bond donors (Lipinski definition) is 1. The van der Waals surface area contributed by atoms with E-state index in [1.165, 1.54) is 17.7 Å². The summed E-state index contributed by atoms with van der Waals surface area (Å²) in [4.78, 5) is 1.49. The van der Waals surface area contributed by atoms with Gasteiger partial charge in [0.15, 0.2) is 0 Å². The van der Waals surface area contributed by atoms with E-state index in [1.54, 1.807) is 0 Å². The van der Waals surface area contributed by atoms with Gasteiger partial charge in [-0.3, -0.25) is 0 Å². The van der Waals surface area contributed by atoms with Crippen molar-refractivity contribution in [3.8, 4) is 0 Å². The number of nitrogens with one attached hydrogen (secondary N) is 1. The molecule has 1 nitrogen and oxygen atoms in total. The van der Waals surface area contributed by atoms with Crippen molar-refractivity contribution in [2.45, 2.75) is 59.5 Å². The first kappa shape index (κ1) is 14.1. The van der Waals surface area contributed by atoms with Crippen LogP contribution in [0.5, 0.6) is 0 Å². The lowest BCUT2D eigenvalue weighted by atomic mass is 9.91. The molecule has 0 bridgehead atoms. The third-order valence-corrected chi connectivity index (χ3v) is 5.20. The van der Waals surface area contributed by atoms with Crippen LogP contribution < -0.4 is 5.32 Å². The largest absolute Gasteiger partial charge is 0.306 e. The molecule has 1 aromatic rings. The molecule has 0 radical (unpaired) electrons. The van der Waals surface area contributed by atoms with Crippen LogP contribution in [0, 0.1) is 17.3 Å². The summed E-state index contributed by atoms with van der Waals surface area (Å²) >= 11 is 1.88. The van der Waals surface area contributed by atoms with Gasteiger partial charge in [-0.05, 0) is 41.5 Å². The molecular weight excluding hydrogens is 238 g/mol. The molecule has 2 heteroatoms. The summed E-state index contributed by atoms with van der Waals surface area (Å²) in [7, 11) is 0. The third kappa shape index (κ3) is 3.16. The summed E-state index contributed by atoms with van der Waals surface area (Å²) in [6.45, 7) is 11.9. The summed E-state index contributed by atoms with van der Waals surface area (Å²) in [6, 6.07) is 5.63. The molecule has 1 N–H and O–H groups in total. The molecule has 2 rings (SSSR count). The van der Waals surface area contributed by atoms with Gasteiger partial charge >= 0.3 is 0 Å². The van der Waals surface area contributed by atoms with Gasteiger partial charge in [0.2, 0.25) is 0 Å². The van der Waals surface area contributed by atoms with Crippen molar-refractivity contribution in [2.75, 3.05) is 0 Å². The first-order chi connectivity index (χ1) is 8.39. The van der Waals surface area contributed by atoms with E-state index in [0.29, 0.717) is 23.4 Å². The van der Waals surface area contributed by atoms with Gasteiger partial charge in [0.05, 0.1) is 0 Å². The summed E-state index contributed by atoms with van der Waals surface area (Å²) in [5.74, 6) is 1.45. The van der Waals surface area contributed by atoms with E-state index >= 15 is 0 Å². The molecule has 1 aliphatic carbocycles. The Morgan fingerprint density at radius 3 is 2.50 bits per heavy atom. The molecule has 0 spiro atoms. The fourth-order valence-corrected chi connectivity index (χ4v) is 4.38. The maximum absolute atomic E-state index is 3.93. The standard InChI is InChI=1S/C16H27NS/c1-11(2)15(14-7-6-8-18-14)17-13-10-16(4,5)9-12(13)3/h6-8,11-13,15,17H,9-10H2,1-5H3. The maximum atomic E-state index is 3.93. The molecule has 3 atom stereocenters. The Bertz CT molecular complexity index is 366. The Hall–Kier alpha value is -0.340. The molecule has 1 heterocycles. The zero-order chi connectivity index (χ0) is 13.3. The minimum atomic E-state index is 0.508. The molecule has 0 amide bonds. The molecule has 1 aliphatic rings. The van der Waals surface area contributed by atoms with Gasteiger partial charge < -0.3 is 5.32 Å². The highest BCUT2D eigenvalue weighted by Crippen LogP contribution is 2.42. The van der Waals surface area contributed by atoms with Gasteiger partial charge in [-0.2, -0.15) is 0 Å². The van der Waals surface area contributed by atoms with Gasteiger partial charge in [-0.1, -0.05) is 40.7 Å². The quantitative estimate of drug-likeness (QED) is 0.820. The highest BCUT2D eigenvalue weighted by atomic mass is 32.1. The van der Waals surface area contributed by atoms with Crippen LogP contribution in [0.1, 0.15) is 58.4 Å². The summed E-state index contributed by atoms with van der Waals surface area (Å²) in [5, 5.41) is 6.12. The van der Waals surface area contributed by atoms with Crippen molar-refractivity contribution < 1.29 is 0 Å². The van der Waals surface area contributed by atoms with Crippen LogP contribution in [-0.2, 0) is 0 Å². The second-order valence-corrected chi connectivity index (χ2v) is 8.04. The van der Waals surface area contributed by atoms with E-state index in [4.69, 9.17) is 0 Å². The maximum Gasteiger partial charge on any atom is 0.0440 e. The van der Waals surface area contributed by atoms with Crippen LogP contribution in [0.25, 0.3) is 0 Å². The third-order valence-electron chi connectivity index (χ3n) is 4.24. The second kappa shape index (κ2) is 5.34. The number of thiophene rings is 1. The second-order valence-electron chi connectivity index (χ2n) is 7.06. The van der Waals surface area contributed by atoms with Crippen molar-refractivity contribution in [1.82, 2.24) is 5.32 Å². The lowest BCUT2D eigenvalue weighted by molar-refractivity contribution is 0.318. The van der Waals surface area contributed by atoms with E-state index < -0.39 is 0 Å². The van der Waals surface area contributed by atoms with E-state index in [0.717, 1.165) is 5.92 Å². The average molecular weight is 265 g/mol. The first-order valence-corrected chi connectivity index (χ1v) is 8.06. The molecule has 1 saturated carbocycles. The van der Waals surface area contributed by atoms with Crippen LogP contribution in [0.2, 0.25) is 0 Å². The van der Waals surface area contributed by atoms with Crippen molar-refractivity contribution >= 4 is 11.3 Å². The Kier molecular flexibility index (Phi) is 4.18. The average Bonchev–Trinajstić information content (AvgIpc) is 2.82. The molecule has 1 aromatic heterocycles. The van der Waals surface area contributed by atoms with Gasteiger partial charge in [-0.25, -0.2) is 0 Å². The lowest BCUT2D eigenvalue weighted by Crippen LogP contribution is -2.37. The monoisotopic (exact) mass is 265 g/mol. The molecular formula is C16H27NS. The van der Waals surface area contributed by atoms with Crippen LogP contribution in [-0.4, -0.2) is 6.04 Å². The minimum Gasteiger partial charge on any atom is -0.306 e. The van der Waals surface area contributed by atoms with Gasteiger partial charge in [-0.15, -0.1) is 11.3 Å². The highest BCUT2D eigenvalue weighted by Gasteiger charge is 2.37. The molecule has 0 aliphatic heterocycles. The van der Waals surface area contributed by atoms with Crippen molar-refractivity contribution in [1.29, 1.82) is 0 Å². The number of rotatable bonds is 4. The van der Waals surface area contributed by atoms with Crippen molar-refractivity contribution in [3.05, 3.63) is 22.4 Å². The molecule has 102 valence electrons. The molecule has 0 saturated heterocycles. The fourth-order valence-electron chi connectivity index (χ4n) is 3.42. The molecule has 18 heavy (non-hydrogen) atoms. The predicted octanol–water partition coefficient (Wildman–Crippen LogP) is 4.86. The minimum absolute atomic E-state index is 0.508. The summed E-state index contributed by atoms with van der Waals surface area (Å²) < 4.78 is 0. The first-order valence-electron chi connectivity index (χ1n) is 7.18. The van der Waals surface area contributed by atoms with Crippen LogP contribution in [0.3, 0.4) is 0 Å². The SMILES string of the molecule is CC(C)C(NC1CC(C)(C)CC1C)c1cccs1. The number of hydrogen-bond acceptors (Lipinski definition) is 2. The Labute approximate surface area is 116 Å². The van der Waals surface area contributed by atoms with E-state index in [-0.39, 0.29) is 0 Å². The van der Waals surface area contributed by atoms with Gasteiger partial charge in [0.1, 0.15) is 0 Å². The van der Waals surface area contributed by atoms with Crippen LogP contribution >= 0.6 is 11.3 Å². The fraction of sp³-hybridized carbons (Fsp3) is 0.750. The topological polar surface area (TPSA) is 12.0 Å². The van der Waals surface area contributed by atoms with Gasteiger partial charge in [0.25, 0.3) is 0 Å². The summed E-state index contributed by atoms with van der Waals surface area (Å²) in [6.07, 6.45) is 2.66. The predicted molar refractivity (Wildman–Crippen MR) is 81.0 cm³/mol. The van der Waals surface area contributed by atoms with Crippen molar-refractivity contribution in [2.24, 2.45) is 17.3 Å². The Balaban J connectivity index is 2.07.